The van der Waals surface area contributed by atoms with Crippen LogP contribution in [-0.2, 0) is 0 Å². The monoisotopic (exact) mass is 294 g/mol. The van der Waals surface area contributed by atoms with Crippen LogP contribution in [0, 0.1) is 11.8 Å². The maximum absolute atomic E-state index is 12.7. The second-order valence-electron chi connectivity index (χ2n) is 5.56. The van der Waals surface area contributed by atoms with Gasteiger partial charge >= 0.3 is 0 Å². The first-order valence-corrected chi connectivity index (χ1v) is 7.40. The highest BCUT2D eigenvalue weighted by molar-refractivity contribution is 6.30. The number of fused-ring (bicyclic) bond motifs is 1. The first-order chi connectivity index (χ1) is 9.69. The third-order valence-corrected chi connectivity index (χ3v) is 4.62. The van der Waals surface area contributed by atoms with E-state index in [-0.39, 0.29) is 5.91 Å². The number of piperidine rings is 1. The molecule has 2 heterocycles. The highest BCUT2D eigenvalue weighted by Crippen LogP contribution is 2.30. The van der Waals surface area contributed by atoms with Gasteiger partial charge in [0.15, 0.2) is 0 Å². The summed E-state index contributed by atoms with van der Waals surface area (Å²) in [7, 11) is 1.57. The Balaban J connectivity index is 1.79. The van der Waals surface area contributed by atoms with Crippen molar-refractivity contribution in [1.29, 1.82) is 0 Å². The molecule has 0 aliphatic carbocycles. The van der Waals surface area contributed by atoms with Crippen LogP contribution in [0.2, 0.25) is 5.02 Å². The molecule has 0 spiro atoms. The van der Waals surface area contributed by atoms with Gasteiger partial charge in [-0.25, -0.2) is 0 Å². The molecule has 2 unspecified atom stereocenters. The lowest BCUT2D eigenvalue weighted by atomic mass is 9.88. The average molecular weight is 295 g/mol. The summed E-state index contributed by atoms with van der Waals surface area (Å²) in [5.74, 6) is 1.91. The van der Waals surface area contributed by atoms with Crippen molar-refractivity contribution in [3.63, 3.8) is 0 Å². The van der Waals surface area contributed by atoms with E-state index in [2.05, 4.69) is 5.32 Å². The number of nitrogens with one attached hydrogen (secondary N) is 1. The highest BCUT2D eigenvalue weighted by Gasteiger charge is 2.35. The first kappa shape index (κ1) is 13.7. The van der Waals surface area contributed by atoms with Crippen molar-refractivity contribution in [3.05, 3.63) is 28.8 Å². The molecule has 2 aliphatic rings. The Hall–Kier alpha value is -1.26. The van der Waals surface area contributed by atoms with Crippen molar-refractivity contribution in [2.75, 3.05) is 33.3 Å². The molecule has 108 valence electrons. The third kappa shape index (κ3) is 2.50. The highest BCUT2D eigenvalue weighted by atomic mass is 35.5. The number of ether oxygens (including phenoxy) is 1. The third-order valence-electron chi connectivity index (χ3n) is 4.39. The molecule has 5 heteroatoms. The van der Waals surface area contributed by atoms with Crippen LogP contribution in [0.3, 0.4) is 0 Å². The zero-order valence-electron chi connectivity index (χ0n) is 11.6. The molecule has 1 aromatic carbocycles. The molecule has 4 nitrogen and oxygen atoms in total. The molecule has 0 saturated carbocycles. The predicted molar refractivity (Wildman–Crippen MR) is 78.4 cm³/mol. The van der Waals surface area contributed by atoms with Crippen molar-refractivity contribution in [2.45, 2.75) is 6.42 Å². The van der Waals surface area contributed by atoms with Gasteiger partial charge in [-0.2, -0.15) is 0 Å². The van der Waals surface area contributed by atoms with E-state index in [1.54, 1.807) is 25.3 Å². The van der Waals surface area contributed by atoms with Crippen LogP contribution in [0.1, 0.15) is 16.8 Å². The number of carbonyl (C=O) groups excluding carboxylic acids is 1. The summed E-state index contributed by atoms with van der Waals surface area (Å²) >= 11 is 5.95. The molecule has 1 amide bonds. The molecule has 2 fully saturated rings. The minimum Gasteiger partial charge on any atom is -0.496 e. The van der Waals surface area contributed by atoms with Gasteiger partial charge in [-0.15, -0.1) is 0 Å². The maximum Gasteiger partial charge on any atom is 0.257 e. The SMILES string of the molecule is COc1cc(Cl)ccc1C(=O)N1CCC2CNCC2C1. The van der Waals surface area contributed by atoms with Crippen molar-refractivity contribution in [3.8, 4) is 5.75 Å². The Morgan fingerprint density at radius 3 is 3.00 bits per heavy atom. The zero-order valence-corrected chi connectivity index (χ0v) is 12.3. The number of hydrogen-bond acceptors (Lipinski definition) is 3. The topological polar surface area (TPSA) is 41.6 Å². The van der Waals surface area contributed by atoms with Crippen LogP contribution in [0.5, 0.6) is 5.75 Å². The van der Waals surface area contributed by atoms with E-state index < -0.39 is 0 Å². The average Bonchev–Trinajstić information content (AvgIpc) is 2.93. The van der Waals surface area contributed by atoms with E-state index in [1.165, 1.54) is 0 Å². The van der Waals surface area contributed by atoms with Crippen molar-refractivity contribution in [1.82, 2.24) is 10.2 Å². The summed E-state index contributed by atoms with van der Waals surface area (Å²) in [4.78, 5) is 14.6. The van der Waals surface area contributed by atoms with Crippen LogP contribution in [0.15, 0.2) is 18.2 Å². The van der Waals surface area contributed by atoms with Gasteiger partial charge in [0.2, 0.25) is 0 Å². The molecule has 3 rings (SSSR count). The molecule has 2 aliphatic heterocycles. The quantitative estimate of drug-likeness (QED) is 0.907. The molecule has 1 N–H and O–H groups in total. The van der Waals surface area contributed by atoms with Crippen LogP contribution >= 0.6 is 11.6 Å². The Morgan fingerprint density at radius 1 is 1.40 bits per heavy atom. The van der Waals surface area contributed by atoms with Gasteiger partial charge in [-0.3, -0.25) is 4.79 Å². The van der Waals surface area contributed by atoms with E-state index in [1.807, 2.05) is 4.90 Å². The van der Waals surface area contributed by atoms with Crippen molar-refractivity contribution >= 4 is 17.5 Å². The lowest BCUT2D eigenvalue weighted by molar-refractivity contribution is 0.0639. The Kier molecular flexibility index (Phi) is 3.85. The summed E-state index contributed by atoms with van der Waals surface area (Å²) in [5.41, 5.74) is 0.598. The second-order valence-corrected chi connectivity index (χ2v) is 6.00. The van der Waals surface area contributed by atoms with Crippen LogP contribution in [-0.4, -0.2) is 44.1 Å². The van der Waals surface area contributed by atoms with Gasteiger partial charge in [-0.05, 0) is 49.5 Å². The fourth-order valence-electron chi connectivity index (χ4n) is 3.23. The normalized spacial score (nSPS) is 25.4. The summed E-state index contributed by atoms with van der Waals surface area (Å²) in [6, 6.07) is 5.18. The van der Waals surface area contributed by atoms with E-state index in [9.17, 15) is 4.79 Å². The Labute approximate surface area is 124 Å². The maximum atomic E-state index is 12.7. The summed E-state index contributed by atoms with van der Waals surface area (Å²) in [5, 5.41) is 3.99. The largest absolute Gasteiger partial charge is 0.496 e. The molecular weight excluding hydrogens is 276 g/mol. The molecule has 0 bridgehead atoms. The zero-order chi connectivity index (χ0) is 14.1. The van der Waals surface area contributed by atoms with Crippen LogP contribution in [0.4, 0.5) is 0 Å². The summed E-state index contributed by atoms with van der Waals surface area (Å²) < 4.78 is 5.28. The van der Waals surface area contributed by atoms with Gasteiger partial charge in [0.1, 0.15) is 5.75 Å². The number of carbonyl (C=O) groups is 1. The predicted octanol–water partition coefficient (Wildman–Crippen LogP) is 2.03. The molecule has 20 heavy (non-hydrogen) atoms. The Bertz CT molecular complexity index is 521. The van der Waals surface area contributed by atoms with Crippen molar-refractivity contribution < 1.29 is 9.53 Å². The lowest BCUT2D eigenvalue weighted by Crippen LogP contribution is -2.43. The van der Waals surface area contributed by atoms with Gasteiger partial charge in [0.05, 0.1) is 12.7 Å². The minimum absolute atomic E-state index is 0.0452. The number of hydrogen-bond donors (Lipinski definition) is 1. The van der Waals surface area contributed by atoms with E-state index in [0.717, 1.165) is 38.5 Å². The summed E-state index contributed by atoms with van der Waals surface area (Å²) in [6.45, 7) is 3.78. The Morgan fingerprint density at radius 2 is 2.20 bits per heavy atom. The van der Waals surface area contributed by atoms with E-state index in [0.29, 0.717) is 22.3 Å². The van der Waals surface area contributed by atoms with Crippen LogP contribution in [0.25, 0.3) is 0 Å². The van der Waals surface area contributed by atoms with Gasteiger partial charge < -0.3 is 15.0 Å². The first-order valence-electron chi connectivity index (χ1n) is 7.02. The standard InChI is InChI=1S/C15H19ClN2O2/c1-20-14-6-12(16)2-3-13(14)15(19)18-5-4-10-7-17-8-11(10)9-18/h2-3,6,10-11,17H,4-5,7-9H2,1H3. The molecular formula is C15H19ClN2O2. The van der Waals surface area contributed by atoms with Gasteiger partial charge in [0, 0.05) is 18.1 Å². The fraction of sp³-hybridized carbons (Fsp3) is 0.533. The molecule has 0 aromatic heterocycles. The summed E-state index contributed by atoms with van der Waals surface area (Å²) in [6.07, 6.45) is 1.08. The smallest absolute Gasteiger partial charge is 0.257 e. The number of likely N-dealkylation sites (tertiary alicyclic amines) is 1. The molecule has 2 atom stereocenters. The molecule has 1 aromatic rings. The number of halogens is 1. The van der Waals surface area contributed by atoms with Gasteiger partial charge in [-0.1, -0.05) is 11.6 Å². The van der Waals surface area contributed by atoms with Gasteiger partial charge in [0.25, 0.3) is 5.91 Å². The van der Waals surface area contributed by atoms with Crippen LogP contribution < -0.4 is 10.1 Å². The number of amides is 1. The fourth-order valence-corrected chi connectivity index (χ4v) is 3.39. The number of benzene rings is 1. The molecule has 0 radical (unpaired) electrons. The number of nitrogens with zero attached hydrogens (tertiary/aromatic N) is 1. The number of rotatable bonds is 2. The minimum atomic E-state index is 0.0452. The van der Waals surface area contributed by atoms with E-state index >= 15 is 0 Å². The van der Waals surface area contributed by atoms with Crippen molar-refractivity contribution in [2.24, 2.45) is 11.8 Å². The van der Waals surface area contributed by atoms with E-state index in [4.69, 9.17) is 16.3 Å². The number of methoxy groups -OCH3 is 1. The molecule has 2 saturated heterocycles. The second kappa shape index (κ2) is 5.62. The lowest BCUT2D eigenvalue weighted by Gasteiger charge is -2.34.